The maximum atomic E-state index is 12.6. The van der Waals surface area contributed by atoms with Crippen molar-refractivity contribution in [2.75, 3.05) is 25.9 Å². The van der Waals surface area contributed by atoms with E-state index in [9.17, 15) is 14.4 Å². The smallest absolute Gasteiger partial charge is 0.323 e. The van der Waals surface area contributed by atoms with Crippen molar-refractivity contribution < 1.29 is 14.3 Å². The molecule has 38 heavy (non-hydrogen) atoms. The van der Waals surface area contributed by atoms with Gasteiger partial charge < -0.3 is 46.0 Å². The van der Waals surface area contributed by atoms with Crippen LogP contribution >= 0.6 is 31.9 Å². The number of hydrogen-bond donors (Lipinski definition) is 8. The lowest BCUT2D eigenvalue weighted by Gasteiger charge is -2.25. The number of nitrogen functional groups attached to an aromatic ring is 1. The molecule has 0 aliphatic rings. The summed E-state index contributed by atoms with van der Waals surface area (Å²) in [5, 5.41) is 5.55. The summed E-state index contributed by atoms with van der Waals surface area (Å²) >= 11 is 6.52. The Morgan fingerprint density at radius 2 is 1.97 bits per heavy atom. The Hall–Kier alpha value is -3.89. The SMILES string of the molecule is COC(CNC(=O)c1cc(Br)c[nH]1)C(c1c[nH]c(=O)[nH]1)c1[nH]c(N)nc1/C=C/CNC(=O)c1ncc(Br)[nH]1. The first kappa shape index (κ1) is 27.2. The van der Waals surface area contributed by atoms with Crippen molar-refractivity contribution in [1.29, 1.82) is 0 Å². The van der Waals surface area contributed by atoms with E-state index in [1.54, 1.807) is 24.4 Å². The van der Waals surface area contributed by atoms with Gasteiger partial charge in [0.1, 0.15) is 10.3 Å². The normalized spacial score (nSPS) is 13.0. The molecule has 0 aliphatic carbocycles. The second-order valence-corrected chi connectivity index (χ2v) is 9.77. The van der Waals surface area contributed by atoms with Crippen LogP contribution < -0.4 is 22.1 Å². The van der Waals surface area contributed by atoms with Crippen molar-refractivity contribution in [3.63, 3.8) is 0 Å². The fourth-order valence-corrected chi connectivity index (χ4v) is 4.42. The Labute approximate surface area is 231 Å². The number of rotatable bonds is 11. The summed E-state index contributed by atoms with van der Waals surface area (Å²) in [5.74, 6) is -1.00. The van der Waals surface area contributed by atoms with Crippen LogP contribution in [-0.2, 0) is 4.74 Å². The zero-order valence-corrected chi connectivity index (χ0v) is 23.1. The molecule has 0 aliphatic heterocycles. The lowest BCUT2D eigenvalue weighted by atomic mass is 9.93. The largest absolute Gasteiger partial charge is 0.379 e. The van der Waals surface area contributed by atoms with Gasteiger partial charge in [-0.15, -0.1) is 0 Å². The standard InChI is InChI=1S/C22H24Br2N10O4/c1-38-14(8-29-19(35)12-5-10(23)6-27-12)16(13-7-30-22(37)32-13)17-11(31-21(25)34-17)3-2-4-26-20(36)18-28-9-15(24)33-18/h2-3,5-7,9,14,16,27H,4,8H2,1H3,(H,26,36)(H,28,33)(H,29,35)(H3,25,31,34)(H2,30,32,37)/b3-2+. The second kappa shape index (κ2) is 12.1. The molecule has 2 unspecified atom stereocenters. The third-order valence-electron chi connectivity index (χ3n) is 5.49. The molecule has 0 bridgehead atoms. The Kier molecular flexibility index (Phi) is 8.65. The first-order chi connectivity index (χ1) is 18.2. The molecule has 0 aromatic carbocycles. The average Bonchev–Trinajstić information content (AvgIpc) is 3.68. The van der Waals surface area contributed by atoms with Crippen molar-refractivity contribution in [2.24, 2.45) is 0 Å². The number of hydrogen-bond acceptors (Lipinski definition) is 7. The van der Waals surface area contributed by atoms with Gasteiger partial charge in [-0.05, 0) is 44.0 Å². The summed E-state index contributed by atoms with van der Waals surface area (Å²) in [6, 6.07) is 1.65. The summed E-state index contributed by atoms with van der Waals surface area (Å²) in [7, 11) is 1.50. The van der Waals surface area contributed by atoms with Crippen molar-refractivity contribution >= 4 is 55.7 Å². The molecule has 16 heteroatoms. The maximum absolute atomic E-state index is 12.6. The van der Waals surface area contributed by atoms with Gasteiger partial charge in [-0.3, -0.25) is 9.59 Å². The number of nitrogens with one attached hydrogen (secondary N) is 7. The van der Waals surface area contributed by atoms with E-state index < -0.39 is 17.7 Å². The van der Waals surface area contributed by atoms with E-state index in [4.69, 9.17) is 10.5 Å². The van der Waals surface area contributed by atoms with Gasteiger partial charge in [-0.2, -0.15) is 0 Å². The molecule has 2 amide bonds. The quantitative estimate of drug-likeness (QED) is 0.120. The van der Waals surface area contributed by atoms with Gasteiger partial charge in [0.2, 0.25) is 0 Å². The minimum absolute atomic E-state index is 0.0979. The predicted molar refractivity (Wildman–Crippen MR) is 146 cm³/mol. The third-order valence-corrected chi connectivity index (χ3v) is 6.35. The predicted octanol–water partition coefficient (Wildman–Crippen LogP) is 1.60. The molecule has 4 heterocycles. The molecule has 200 valence electrons. The van der Waals surface area contributed by atoms with E-state index >= 15 is 0 Å². The molecule has 0 saturated heterocycles. The zero-order chi connectivity index (χ0) is 27.2. The number of nitrogens with two attached hydrogens (primary N) is 1. The van der Waals surface area contributed by atoms with Crippen LogP contribution in [0, 0.1) is 0 Å². The summed E-state index contributed by atoms with van der Waals surface area (Å²) in [6.45, 7) is 0.283. The number of carbonyl (C=O) groups is 2. The Morgan fingerprint density at radius 1 is 1.16 bits per heavy atom. The number of methoxy groups -OCH3 is 1. The fourth-order valence-electron chi connectivity index (χ4n) is 3.78. The van der Waals surface area contributed by atoms with Crippen LogP contribution in [-0.4, -0.2) is 73.0 Å². The van der Waals surface area contributed by atoms with E-state index in [1.165, 1.54) is 19.5 Å². The van der Waals surface area contributed by atoms with Gasteiger partial charge in [0, 0.05) is 42.8 Å². The highest BCUT2D eigenvalue weighted by Crippen LogP contribution is 2.30. The monoisotopic (exact) mass is 650 g/mol. The molecular weight excluding hydrogens is 628 g/mol. The lowest BCUT2D eigenvalue weighted by molar-refractivity contribution is 0.0753. The fraction of sp³-hybridized carbons (Fsp3) is 0.227. The van der Waals surface area contributed by atoms with Crippen molar-refractivity contribution in [3.05, 3.63) is 78.9 Å². The molecule has 4 aromatic heterocycles. The third kappa shape index (κ3) is 6.51. The van der Waals surface area contributed by atoms with Crippen molar-refractivity contribution in [3.8, 4) is 0 Å². The van der Waals surface area contributed by atoms with Crippen LogP contribution in [0.1, 0.15) is 44.1 Å². The van der Waals surface area contributed by atoms with Gasteiger partial charge in [0.05, 0.1) is 29.6 Å². The number of amides is 2. The molecule has 0 spiro atoms. The van der Waals surface area contributed by atoms with Gasteiger partial charge in [-0.25, -0.2) is 14.8 Å². The van der Waals surface area contributed by atoms with Crippen molar-refractivity contribution in [2.45, 2.75) is 12.0 Å². The van der Waals surface area contributed by atoms with E-state index in [-0.39, 0.29) is 36.7 Å². The number of halogens is 2. The van der Waals surface area contributed by atoms with Crippen LogP contribution in [0.4, 0.5) is 5.95 Å². The summed E-state index contributed by atoms with van der Waals surface area (Å²) in [6.07, 6.45) is 7.40. The molecule has 4 rings (SSSR count). The number of nitrogens with zero attached hydrogens (tertiary/aromatic N) is 2. The van der Waals surface area contributed by atoms with Crippen LogP contribution in [0.3, 0.4) is 0 Å². The highest BCUT2D eigenvalue weighted by molar-refractivity contribution is 9.10. The number of aromatic nitrogens is 7. The van der Waals surface area contributed by atoms with Crippen molar-refractivity contribution in [1.82, 2.24) is 45.5 Å². The first-order valence-electron chi connectivity index (χ1n) is 11.2. The van der Waals surface area contributed by atoms with Crippen LogP contribution in [0.15, 0.2) is 44.6 Å². The molecule has 9 N–H and O–H groups in total. The van der Waals surface area contributed by atoms with Crippen LogP contribution in [0.2, 0.25) is 0 Å². The van der Waals surface area contributed by atoms with E-state index in [0.29, 0.717) is 27.4 Å². The highest BCUT2D eigenvalue weighted by Gasteiger charge is 2.31. The van der Waals surface area contributed by atoms with E-state index in [0.717, 1.165) is 4.47 Å². The summed E-state index contributed by atoms with van der Waals surface area (Å²) in [5.41, 5.74) is 7.45. The van der Waals surface area contributed by atoms with E-state index in [2.05, 4.69) is 77.4 Å². The Morgan fingerprint density at radius 3 is 2.61 bits per heavy atom. The first-order valence-corrected chi connectivity index (χ1v) is 12.8. The van der Waals surface area contributed by atoms with Crippen LogP contribution in [0.5, 0.6) is 0 Å². The molecular formula is C22H24Br2N10O4. The Balaban J connectivity index is 1.54. The van der Waals surface area contributed by atoms with Crippen LogP contribution in [0.25, 0.3) is 6.08 Å². The Bertz CT molecular complexity index is 1500. The number of carbonyl (C=O) groups excluding carboxylic acids is 2. The topological polar surface area (TPSA) is 215 Å². The highest BCUT2D eigenvalue weighted by atomic mass is 79.9. The van der Waals surface area contributed by atoms with Gasteiger partial charge in [0.25, 0.3) is 11.8 Å². The number of aromatic amines is 5. The van der Waals surface area contributed by atoms with Gasteiger partial charge in [0.15, 0.2) is 11.8 Å². The molecule has 14 nitrogen and oxygen atoms in total. The number of H-pyrrole nitrogens is 5. The second-order valence-electron chi connectivity index (χ2n) is 8.00. The molecule has 0 saturated carbocycles. The number of ether oxygens (including phenoxy) is 1. The zero-order valence-electron chi connectivity index (χ0n) is 19.9. The maximum Gasteiger partial charge on any atom is 0.323 e. The molecule has 0 fully saturated rings. The summed E-state index contributed by atoms with van der Waals surface area (Å²) < 4.78 is 7.07. The van der Waals surface area contributed by atoms with E-state index in [1.807, 2.05) is 0 Å². The molecule has 4 aromatic rings. The summed E-state index contributed by atoms with van der Waals surface area (Å²) in [4.78, 5) is 59.1. The molecule has 2 atom stereocenters. The number of imidazole rings is 3. The van der Waals surface area contributed by atoms with Gasteiger partial charge >= 0.3 is 5.69 Å². The number of anilines is 1. The van der Waals surface area contributed by atoms with Gasteiger partial charge in [-0.1, -0.05) is 6.08 Å². The average molecular weight is 652 g/mol. The molecule has 0 radical (unpaired) electrons. The minimum atomic E-state index is -0.632. The lowest BCUT2D eigenvalue weighted by Crippen LogP contribution is -2.38. The minimum Gasteiger partial charge on any atom is -0.379 e.